The molecule has 110 valence electrons. The van der Waals surface area contributed by atoms with Gasteiger partial charge in [-0.2, -0.15) is 0 Å². The number of rotatable bonds is 3. The Labute approximate surface area is 136 Å². The lowest BCUT2D eigenvalue weighted by molar-refractivity contribution is 0.0598. The highest BCUT2D eigenvalue weighted by molar-refractivity contribution is 6.43. The number of ether oxygens (including phenoxy) is 2. The molecule has 2 rings (SSSR count). The Balaban J connectivity index is 2.49. The second kappa shape index (κ2) is 6.43. The zero-order chi connectivity index (χ0) is 15.6. The molecule has 0 spiro atoms. The minimum absolute atomic E-state index is 0.143. The third-order valence-corrected chi connectivity index (χ3v) is 3.66. The molecule has 0 amide bonds. The monoisotopic (exact) mass is 345 g/mol. The van der Waals surface area contributed by atoms with E-state index in [0.29, 0.717) is 5.02 Å². The van der Waals surface area contributed by atoms with Crippen LogP contribution in [-0.2, 0) is 4.74 Å². The summed E-state index contributed by atoms with van der Waals surface area (Å²) >= 11 is 17.8. The Bertz CT molecular complexity index is 704. The highest BCUT2D eigenvalue weighted by atomic mass is 35.5. The topological polar surface area (TPSA) is 61.5 Å². The van der Waals surface area contributed by atoms with Crippen LogP contribution in [0.2, 0.25) is 15.1 Å². The summed E-state index contributed by atoms with van der Waals surface area (Å²) in [6, 6.07) is 7.62. The van der Waals surface area contributed by atoms with E-state index in [2.05, 4.69) is 4.74 Å². The molecule has 0 saturated heterocycles. The summed E-state index contributed by atoms with van der Waals surface area (Å²) < 4.78 is 10.3. The van der Waals surface area contributed by atoms with Crippen molar-refractivity contribution in [1.82, 2.24) is 0 Å². The molecule has 0 aromatic heterocycles. The molecule has 0 aliphatic heterocycles. The van der Waals surface area contributed by atoms with Gasteiger partial charge in [-0.15, -0.1) is 0 Å². The van der Waals surface area contributed by atoms with Crippen LogP contribution in [0.3, 0.4) is 0 Å². The first-order valence-corrected chi connectivity index (χ1v) is 6.86. The first-order chi connectivity index (χ1) is 9.93. The lowest BCUT2D eigenvalue weighted by Gasteiger charge is -2.13. The smallest absolute Gasteiger partial charge is 0.341 e. The summed E-state index contributed by atoms with van der Waals surface area (Å²) in [6.45, 7) is 0. The Hall–Kier alpha value is -1.62. The van der Waals surface area contributed by atoms with Crippen molar-refractivity contribution in [2.24, 2.45) is 0 Å². The van der Waals surface area contributed by atoms with E-state index < -0.39 is 5.97 Å². The van der Waals surface area contributed by atoms with Crippen molar-refractivity contribution in [2.75, 3.05) is 12.8 Å². The number of nitrogen functional groups attached to an aromatic ring is 1. The number of anilines is 1. The zero-order valence-electron chi connectivity index (χ0n) is 10.8. The van der Waals surface area contributed by atoms with E-state index in [0.717, 1.165) is 0 Å². The summed E-state index contributed by atoms with van der Waals surface area (Å²) in [6.07, 6.45) is 0. The second-order valence-electron chi connectivity index (χ2n) is 4.01. The van der Waals surface area contributed by atoms with Crippen molar-refractivity contribution in [3.8, 4) is 11.5 Å². The molecule has 0 fully saturated rings. The second-order valence-corrected chi connectivity index (χ2v) is 5.24. The SMILES string of the molecule is COC(=O)c1cccc(N)c1Oc1cc(Cl)c(Cl)cc1Cl. The maximum atomic E-state index is 11.7. The number of esters is 1. The van der Waals surface area contributed by atoms with Crippen LogP contribution in [0.1, 0.15) is 10.4 Å². The van der Waals surface area contributed by atoms with E-state index in [9.17, 15) is 4.79 Å². The summed E-state index contributed by atoms with van der Waals surface area (Å²) in [7, 11) is 1.27. The van der Waals surface area contributed by atoms with Gasteiger partial charge >= 0.3 is 5.97 Å². The molecule has 2 N–H and O–H groups in total. The number of carbonyl (C=O) groups is 1. The fourth-order valence-electron chi connectivity index (χ4n) is 1.63. The highest BCUT2D eigenvalue weighted by Gasteiger charge is 2.18. The van der Waals surface area contributed by atoms with E-state index >= 15 is 0 Å². The van der Waals surface area contributed by atoms with Crippen LogP contribution in [0.5, 0.6) is 11.5 Å². The third kappa shape index (κ3) is 3.35. The standard InChI is InChI=1S/C14H10Cl3NO3/c1-20-14(19)7-3-2-4-11(18)13(7)21-12-6-9(16)8(15)5-10(12)17/h2-6H,18H2,1H3. The van der Waals surface area contributed by atoms with Gasteiger partial charge in [-0.25, -0.2) is 4.79 Å². The van der Waals surface area contributed by atoms with Gasteiger partial charge in [0.05, 0.1) is 27.9 Å². The Morgan fingerprint density at radius 1 is 1.10 bits per heavy atom. The molecule has 0 radical (unpaired) electrons. The van der Waals surface area contributed by atoms with E-state index in [1.165, 1.54) is 25.3 Å². The van der Waals surface area contributed by atoms with Gasteiger partial charge in [0, 0.05) is 6.07 Å². The molecular weight excluding hydrogens is 337 g/mol. The zero-order valence-corrected chi connectivity index (χ0v) is 13.1. The van der Waals surface area contributed by atoms with Gasteiger partial charge in [0.25, 0.3) is 0 Å². The molecule has 0 heterocycles. The van der Waals surface area contributed by atoms with Crippen molar-refractivity contribution >= 4 is 46.5 Å². The molecule has 21 heavy (non-hydrogen) atoms. The van der Waals surface area contributed by atoms with Gasteiger partial charge in [0.2, 0.25) is 0 Å². The molecule has 7 heteroatoms. The molecule has 0 saturated carbocycles. The van der Waals surface area contributed by atoms with Crippen molar-refractivity contribution in [3.63, 3.8) is 0 Å². The molecule has 0 bridgehead atoms. The minimum atomic E-state index is -0.575. The fourth-order valence-corrected chi connectivity index (χ4v) is 2.21. The Morgan fingerprint density at radius 3 is 2.43 bits per heavy atom. The lowest BCUT2D eigenvalue weighted by Crippen LogP contribution is -2.05. The van der Waals surface area contributed by atoms with Crippen molar-refractivity contribution in [1.29, 1.82) is 0 Å². The minimum Gasteiger partial charge on any atom is -0.465 e. The molecule has 2 aromatic rings. The summed E-state index contributed by atoms with van der Waals surface area (Å²) in [4.78, 5) is 11.7. The van der Waals surface area contributed by atoms with E-state index in [1.54, 1.807) is 12.1 Å². The van der Waals surface area contributed by atoms with Gasteiger partial charge in [0.15, 0.2) is 5.75 Å². The highest BCUT2D eigenvalue weighted by Crippen LogP contribution is 2.39. The maximum Gasteiger partial charge on any atom is 0.341 e. The predicted molar refractivity (Wildman–Crippen MR) is 83.7 cm³/mol. The number of nitrogens with two attached hydrogens (primary N) is 1. The van der Waals surface area contributed by atoms with E-state index in [-0.39, 0.29) is 32.8 Å². The van der Waals surface area contributed by atoms with Crippen molar-refractivity contribution in [2.45, 2.75) is 0 Å². The largest absolute Gasteiger partial charge is 0.465 e. The molecular formula is C14H10Cl3NO3. The quantitative estimate of drug-likeness (QED) is 0.492. The normalized spacial score (nSPS) is 10.3. The van der Waals surface area contributed by atoms with Gasteiger partial charge in [-0.1, -0.05) is 40.9 Å². The van der Waals surface area contributed by atoms with Gasteiger partial charge in [-0.3, -0.25) is 0 Å². The summed E-state index contributed by atoms with van der Waals surface area (Å²) in [5.41, 5.74) is 6.29. The fraction of sp³-hybridized carbons (Fsp3) is 0.0714. The number of methoxy groups -OCH3 is 1. The van der Waals surface area contributed by atoms with Crippen LogP contribution in [0.25, 0.3) is 0 Å². The number of benzene rings is 2. The predicted octanol–water partition coefficient (Wildman–Crippen LogP) is 4.81. The number of para-hydroxylation sites is 1. The molecule has 0 aliphatic rings. The Morgan fingerprint density at radius 2 is 1.76 bits per heavy atom. The lowest BCUT2D eigenvalue weighted by atomic mass is 10.1. The average Bonchev–Trinajstić information content (AvgIpc) is 2.45. The van der Waals surface area contributed by atoms with Gasteiger partial charge in [0.1, 0.15) is 11.3 Å². The molecule has 2 aromatic carbocycles. The van der Waals surface area contributed by atoms with Crippen LogP contribution in [-0.4, -0.2) is 13.1 Å². The van der Waals surface area contributed by atoms with Crippen LogP contribution in [0, 0.1) is 0 Å². The number of hydrogen-bond donors (Lipinski definition) is 1. The van der Waals surface area contributed by atoms with Gasteiger partial charge < -0.3 is 15.2 Å². The molecule has 0 atom stereocenters. The summed E-state index contributed by atoms with van der Waals surface area (Å²) in [5, 5.41) is 0.803. The third-order valence-electron chi connectivity index (χ3n) is 2.64. The Kier molecular flexibility index (Phi) is 4.83. The number of carbonyl (C=O) groups excluding carboxylic acids is 1. The summed E-state index contributed by atoms with van der Waals surface area (Å²) in [5.74, 6) is -0.202. The maximum absolute atomic E-state index is 11.7. The van der Waals surface area contributed by atoms with Crippen molar-refractivity contribution in [3.05, 3.63) is 51.0 Å². The van der Waals surface area contributed by atoms with Crippen LogP contribution < -0.4 is 10.5 Å². The molecule has 4 nitrogen and oxygen atoms in total. The molecule has 0 unspecified atom stereocenters. The van der Waals surface area contributed by atoms with E-state index in [1.807, 2.05) is 0 Å². The van der Waals surface area contributed by atoms with Gasteiger partial charge in [-0.05, 0) is 18.2 Å². The average molecular weight is 347 g/mol. The van der Waals surface area contributed by atoms with Crippen LogP contribution >= 0.6 is 34.8 Å². The first kappa shape index (κ1) is 15.8. The van der Waals surface area contributed by atoms with E-state index in [4.69, 9.17) is 45.3 Å². The number of halogens is 3. The molecule has 0 aliphatic carbocycles. The van der Waals surface area contributed by atoms with Crippen LogP contribution in [0.4, 0.5) is 5.69 Å². The van der Waals surface area contributed by atoms with Crippen LogP contribution in [0.15, 0.2) is 30.3 Å². The number of hydrogen-bond acceptors (Lipinski definition) is 4. The first-order valence-electron chi connectivity index (χ1n) is 5.73. The van der Waals surface area contributed by atoms with Crippen molar-refractivity contribution < 1.29 is 14.3 Å².